The van der Waals surface area contributed by atoms with E-state index in [-0.39, 0.29) is 5.41 Å². The highest BCUT2D eigenvalue weighted by molar-refractivity contribution is 5.26. The zero-order chi connectivity index (χ0) is 22.7. The Morgan fingerprint density at radius 3 is 1.97 bits per heavy atom. The summed E-state index contributed by atoms with van der Waals surface area (Å²) < 4.78 is 0. The Bertz CT molecular complexity index is 580. The molecule has 2 saturated carbocycles. The highest BCUT2D eigenvalue weighted by Gasteiger charge is 2.41. The van der Waals surface area contributed by atoms with Crippen LogP contribution in [0.3, 0.4) is 0 Å². The molecule has 0 aromatic carbocycles. The molecule has 0 N–H and O–H groups in total. The molecule has 0 aromatic heterocycles. The number of nitrogens with zero attached hydrogens (tertiary/aromatic N) is 1. The van der Waals surface area contributed by atoms with Crippen LogP contribution >= 0.6 is 0 Å². The van der Waals surface area contributed by atoms with Gasteiger partial charge in [0.15, 0.2) is 0 Å². The van der Waals surface area contributed by atoms with Gasteiger partial charge < -0.3 is 0 Å². The summed E-state index contributed by atoms with van der Waals surface area (Å²) in [6.45, 7) is 4.61. The molecule has 0 spiro atoms. The topological polar surface area (TPSA) is 23.8 Å². The van der Waals surface area contributed by atoms with Crippen molar-refractivity contribution in [1.82, 2.24) is 0 Å². The summed E-state index contributed by atoms with van der Waals surface area (Å²) in [5.41, 5.74) is 1.44. The SMILES string of the molecule is CCCCCCCC1CCC([C@H]2CC[C@](C#N)(C3=CC[C@H](CCCCC)CC3)CC2)CC1. The molecule has 32 heavy (non-hydrogen) atoms. The molecule has 182 valence electrons. The predicted octanol–water partition coefficient (Wildman–Crippen LogP) is 10.2. The smallest absolute Gasteiger partial charge is 0.0782 e. The van der Waals surface area contributed by atoms with Crippen molar-refractivity contribution in [3.05, 3.63) is 11.6 Å². The van der Waals surface area contributed by atoms with Crippen LogP contribution in [0.4, 0.5) is 0 Å². The van der Waals surface area contributed by atoms with Gasteiger partial charge in [-0.3, -0.25) is 0 Å². The normalized spacial score (nSPS) is 33.5. The molecule has 0 radical (unpaired) electrons. The first kappa shape index (κ1) is 25.8. The van der Waals surface area contributed by atoms with Gasteiger partial charge in [-0.25, -0.2) is 0 Å². The molecule has 1 atom stereocenters. The first-order valence-corrected chi connectivity index (χ1v) is 14.8. The Hall–Kier alpha value is -0.770. The average Bonchev–Trinajstić information content (AvgIpc) is 2.85. The van der Waals surface area contributed by atoms with E-state index in [4.69, 9.17) is 0 Å². The van der Waals surface area contributed by atoms with Crippen LogP contribution in [-0.4, -0.2) is 0 Å². The summed E-state index contributed by atoms with van der Waals surface area (Å²) in [4.78, 5) is 0. The number of hydrogen-bond donors (Lipinski definition) is 0. The minimum atomic E-state index is -0.0966. The van der Waals surface area contributed by atoms with Crippen LogP contribution in [0.5, 0.6) is 0 Å². The second-order valence-electron chi connectivity index (χ2n) is 11.9. The summed E-state index contributed by atoms with van der Waals surface area (Å²) in [7, 11) is 0. The zero-order valence-electron chi connectivity index (χ0n) is 21.7. The number of rotatable bonds is 12. The maximum Gasteiger partial charge on any atom is 0.0782 e. The lowest BCUT2D eigenvalue weighted by atomic mass is 9.61. The molecule has 0 aromatic rings. The van der Waals surface area contributed by atoms with E-state index in [0.717, 1.165) is 36.5 Å². The second-order valence-corrected chi connectivity index (χ2v) is 11.9. The van der Waals surface area contributed by atoms with E-state index in [1.807, 2.05) is 0 Å². The largest absolute Gasteiger partial charge is 0.197 e. The van der Waals surface area contributed by atoms with Crippen LogP contribution in [0.15, 0.2) is 11.6 Å². The Morgan fingerprint density at radius 1 is 0.750 bits per heavy atom. The fourth-order valence-electron chi connectivity index (χ4n) is 7.36. The average molecular weight is 440 g/mol. The first-order chi connectivity index (χ1) is 15.7. The van der Waals surface area contributed by atoms with Gasteiger partial charge in [0.25, 0.3) is 0 Å². The quantitative estimate of drug-likeness (QED) is 0.219. The Morgan fingerprint density at radius 2 is 1.34 bits per heavy atom. The molecule has 0 bridgehead atoms. The van der Waals surface area contributed by atoms with E-state index in [9.17, 15) is 5.26 Å². The number of hydrogen-bond acceptors (Lipinski definition) is 1. The molecule has 2 fully saturated rings. The molecule has 0 saturated heterocycles. The highest BCUT2D eigenvalue weighted by atomic mass is 14.5. The minimum Gasteiger partial charge on any atom is -0.197 e. The van der Waals surface area contributed by atoms with Crippen LogP contribution in [0, 0.1) is 40.4 Å². The predicted molar refractivity (Wildman–Crippen MR) is 138 cm³/mol. The first-order valence-electron chi connectivity index (χ1n) is 14.8. The molecule has 0 unspecified atom stereocenters. The standard InChI is InChI=1S/C31H53N/c1-3-5-7-8-10-12-26-13-17-28(18-14-26)29-21-23-31(25-32,24-22-29)30-19-15-27(16-20-30)11-9-6-4-2/h19,26-29H,3-18,20-24H2,1-2H3/t26?,27-,28?,29-,31-/m0/s1. The minimum absolute atomic E-state index is 0.0966. The Balaban J connectivity index is 1.39. The lowest BCUT2D eigenvalue weighted by Crippen LogP contribution is -2.33. The highest BCUT2D eigenvalue weighted by Crippen LogP contribution is 2.51. The lowest BCUT2D eigenvalue weighted by Gasteiger charge is -2.42. The van der Waals surface area contributed by atoms with E-state index in [0.29, 0.717) is 0 Å². The molecule has 3 aliphatic carbocycles. The molecule has 1 nitrogen and oxygen atoms in total. The van der Waals surface area contributed by atoms with Crippen molar-refractivity contribution in [2.24, 2.45) is 29.1 Å². The molecular weight excluding hydrogens is 386 g/mol. The number of unbranched alkanes of at least 4 members (excludes halogenated alkanes) is 6. The van der Waals surface area contributed by atoms with E-state index < -0.39 is 0 Å². The van der Waals surface area contributed by atoms with E-state index >= 15 is 0 Å². The van der Waals surface area contributed by atoms with Gasteiger partial charge in [-0.2, -0.15) is 5.26 Å². The van der Waals surface area contributed by atoms with Crippen LogP contribution in [-0.2, 0) is 0 Å². The fraction of sp³-hybridized carbons (Fsp3) is 0.903. The molecule has 3 rings (SSSR count). The van der Waals surface area contributed by atoms with Gasteiger partial charge in [0.05, 0.1) is 11.5 Å². The lowest BCUT2D eigenvalue weighted by molar-refractivity contribution is 0.130. The van der Waals surface area contributed by atoms with Crippen LogP contribution < -0.4 is 0 Å². The van der Waals surface area contributed by atoms with E-state index in [1.54, 1.807) is 0 Å². The van der Waals surface area contributed by atoms with Crippen molar-refractivity contribution in [1.29, 1.82) is 5.26 Å². The summed E-state index contributed by atoms with van der Waals surface area (Å²) >= 11 is 0. The third-order valence-corrected chi connectivity index (χ3v) is 9.72. The van der Waals surface area contributed by atoms with Gasteiger partial charge in [-0.15, -0.1) is 0 Å². The van der Waals surface area contributed by atoms with E-state index in [1.165, 1.54) is 128 Å². The summed E-state index contributed by atoms with van der Waals surface area (Å²) in [5.74, 6) is 3.78. The van der Waals surface area contributed by atoms with Crippen molar-refractivity contribution in [2.45, 2.75) is 149 Å². The van der Waals surface area contributed by atoms with Gasteiger partial charge in [0.1, 0.15) is 0 Å². The maximum atomic E-state index is 10.2. The van der Waals surface area contributed by atoms with Crippen LogP contribution in [0.2, 0.25) is 0 Å². The molecule has 0 aliphatic heterocycles. The van der Waals surface area contributed by atoms with Gasteiger partial charge in [-0.05, 0) is 81.5 Å². The second kappa shape index (κ2) is 13.8. The number of nitriles is 1. The van der Waals surface area contributed by atoms with Gasteiger partial charge >= 0.3 is 0 Å². The molecule has 3 aliphatic rings. The van der Waals surface area contributed by atoms with Crippen molar-refractivity contribution >= 4 is 0 Å². The van der Waals surface area contributed by atoms with Gasteiger partial charge in [0.2, 0.25) is 0 Å². The third-order valence-electron chi connectivity index (χ3n) is 9.72. The molecule has 0 heterocycles. The zero-order valence-corrected chi connectivity index (χ0v) is 21.7. The maximum absolute atomic E-state index is 10.2. The summed E-state index contributed by atoms with van der Waals surface area (Å²) in [6.07, 6.45) is 31.4. The fourth-order valence-corrected chi connectivity index (χ4v) is 7.36. The van der Waals surface area contributed by atoms with Crippen molar-refractivity contribution in [2.75, 3.05) is 0 Å². The Labute approximate surface area is 200 Å². The van der Waals surface area contributed by atoms with Gasteiger partial charge in [-0.1, -0.05) is 103 Å². The van der Waals surface area contributed by atoms with E-state index in [2.05, 4.69) is 26.0 Å². The third kappa shape index (κ3) is 7.37. The molecule has 0 amide bonds. The monoisotopic (exact) mass is 439 g/mol. The Kier molecular flexibility index (Phi) is 11.2. The van der Waals surface area contributed by atoms with Crippen LogP contribution in [0.1, 0.15) is 149 Å². The van der Waals surface area contributed by atoms with Crippen LogP contribution in [0.25, 0.3) is 0 Å². The van der Waals surface area contributed by atoms with Crippen molar-refractivity contribution < 1.29 is 0 Å². The van der Waals surface area contributed by atoms with Crippen molar-refractivity contribution in [3.8, 4) is 6.07 Å². The molecule has 1 heteroatoms. The number of allylic oxidation sites excluding steroid dienone is 2. The summed E-state index contributed by atoms with van der Waals surface area (Å²) in [5, 5.41) is 10.2. The van der Waals surface area contributed by atoms with Gasteiger partial charge in [0, 0.05) is 0 Å². The van der Waals surface area contributed by atoms with Crippen molar-refractivity contribution in [3.63, 3.8) is 0 Å². The molecular formula is C31H53N. The summed E-state index contributed by atoms with van der Waals surface area (Å²) in [6, 6.07) is 2.85.